The van der Waals surface area contributed by atoms with Gasteiger partial charge < -0.3 is 14.8 Å². The van der Waals surface area contributed by atoms with Crippen molar-refractivity contribution in [1.29, 1.82) is 0 Å². The van der Waals surface area contributed by atoms with E-state index in [1.54, 1.807) is 6.08 Å². The van der Waals surface area contributed by atoms with E-state index in [9.17, 15) is 0 Å². The molecule has 1 rings (SSSR count). The molecule has 1 fully saturated rings. The van der Waals surface area contributed by atoms with E-state index < -0.39 is 0 Å². The van der Waals surface area contributed by atoms with Gasteiger partial charge in [0, 0.05) is 13.1 Å². The third-order valence-corrected chi connectivity index (χ3v) is 1.37. The van der Waals surface area contributed by atoms with Gasteiger partial charge in [0.25, 0.3) is 0 Å². The predicted molar refractivity (Wildman–Crippen MR) is 38.8 cm³/mol. The van der Waals surface area contributed by atoms with Crippen molar-refractivity contribution >= 4 is 0 Å². The van der Waals surface area contributed by atoms with Crippen LogP contribution < -0.4 is 5.32 Å². The molecule has 0 atom stereocenters. The Bertz CT molecular complexity index is 102. The average Bonchev–Trinajstić information content (AvgIpc) is 1.84. The van der Waals surface area contributed by atoms with Crippen molar-refractivity contribution in [3.05, 3.63) is 12.7 Å². The molecule has 0 aliphatic carbocycles. The molecule has 0 aromatic carbocycles. The molecule has 1 saturated heterocycles. The van der Waals surface area contributed by atoms with Crippen molar-refractivity contribution in [3.63, 3.8) is 0 Å². The predicted octanol–water partition coefficient (Wildman–Crippen LogP) is 0.135. The summed E-state index contributed by atoms with van der Waals surface area (Å²) in [7, 11) is 0. The van der Waals surface area contributed by atoms with E-state index in [1.165, 1.54) is 0 Å². The highest BCUT2D eigenvalue weighted by atomic mass is 16.7. The molecule has 1 N–H and O–H groups in total. The third-order valence-electron chi connectivity index (χ3n) is 1.37. The lowest BCUT2D eigenvalue weighted by atomic mass is 10.2. The first kappa shape index (κ1) is 7.72. The minimum Gasteiger partial charge on any atom is -0.351 e. The van der Waals surface area contributed by atoms with Gasteiger partial charge >= 0.3 is 0 Å². The second kappa shape index (κ2) is 4.44. The van der Waals surface area contributed by atoms with Gasteiger partial charge in [-0.2, -0.15) is 0 Å². The highest BCUT2D eigenvalue weighted by Crippen LogP contribution is 1.96. The summed E-state index contributed by atoms with van der Waals surface area (Å²) in [6.07, 6.45) is 2.08. The maximum absolute atomic E-state index is 5.25. The van der Waals surface area contributed by atoms with Gasteiger partial charge in [-0.05, 0) is 0 Å². The number of ether oxygens (including phenoxy) is 2. The maximum Gasteiger partial charge on any atom is 0.147 e. The second-order valence-electron chi connectivity index (χ2n) is 2.22. The van der Waals surface area contributed by atoms with Crippen LogP contribution in [-0.4, -0.2) is 32.6 Å². The fourth-order valence-corrected chi connectivity index (χ4v) is 0.656. The van der Waals surface area contributed by atoms with Crippen LogP contribution in [0, 0.1) is 0 Å². The van der Waals surface area contributed by atoms with Crippen LogP contribution in [0.25, 0.3) is 0 Å². The quantitative estimate of drug-likeness (QED) is 0.337. The molecule has 3 nitrogen and oxygen atoms in total. The minimum absolute atomic E-state index is 0.366. The van der Waals surface area contributed by atoms with E-state index in [1.807, 2.05) is 0 Å². The van der Waals surface area contributed by atoms with Crippen molar-refractivity contribution in [2.75, 3.05) is 26.5 Å². The van der Waals surface area contributed by atoms with Crippen LogP contribution in [0.15, 0.2) is 12.7 Å². The largest absolute Gasteiger partial charge is 0.351 e. The molecule has 0 unspecified atom stereocenters. The Kier molecular flexibility index (Phi) is 3.43. The molecule has 1 heterocycles. The van der Waals surface area contributed by atoms with E-state index >= 15 is 0 Å². The van der Waals surface area contributed by atoms with E-state index in [2.05, 4.69) is 11.9 Å². The van der Waals surface area contributed by atoms with Gasteiger partial charge in [-0.1, -0.05) is 6.08 Å². The number of hydrogen-bond donors (Lipinski definition) is 1. The van der Waals surface area contributed by atoms with Gasteiger partial charge in [0.1, 0.15) is 6.79 Å². The second-order valence-corrected chi connectivity index (χ2v) is 2.22. The molecular weight excluding hydrogens is 130 g/mol. The first-order chi connectivity index (χ1) is 4.93. The standard InChI is InChI=1S/C7H13NO2/c1-2-3-9-6-10-7-4-8-5-7/h2,7-8H,1,3-6H2. The Balaban J connectivity index is 1.80. The first-order valence-corrected chi connectivity index (χ1v) is 3.44. The van der Waals surface area contributed by atoms with Crippen LogP contribution in [0.1, 0.15) is 0 Å². The zero-order valence-corrected chi connectivity index (χ0v) is 6.01. The van der Waals surface area contributed by atoms with Crippen molar-refractivity contribution in [1.82, 2.24) is 5.32 Å². The van der Waals surface area contributed by atoms with Gasteiger partial charge in [-0.3, -0.25) is 0 Å². The van der Waals surface area contributed by atoms with Crippen LogP contribution in [0.5, 0.6) is 0 Å². The topological polar surface area (TPSA) is 30.5 Å². The molecule has 1 aliphatic rings. The molecule has 0 aromatic heterocycles. The summed E-state index contributed by atoms with van der Waals surface area (Å²) in [6.45, 7) is 6.39. The summed E-state index contributed by atoms with van der Waals surface area (Å²) in [6, 6.07) is 0. The molecule has 0 bridgehead atoms. The molecule has 0 spiro atoms. The first-order valence-electron chi connectivity index (χ1n) is 3.44. The van der Waals surface area contributed by atoms with E-state index in [0.29, 0.717) is 19.5 Å². The highest BCUT2D eigenvalue weighted by molar-refractivity contribution is 4.74. The molecule has 0 aromatic rings. The highest BCUT2D eigenvalue weighted by Gasteiger charge is 2.16. The van der Waals surface area contributed by atoms with Gasteiger partial charge in [-0.25, -0.2) is 0 Å². The summed E-state index contributed by atoms with van der Waals surface area (Å²) < 4.78 is 10.3. The van der Waals surface area contributed by atoms with Gasteiger partial charge in [-0.15, -0.1) is 6.58 Å². The van der Waals surface area contributed by atoms with Crippen molar-refractivity contribution in [3.8, 4) is 0 Å². The van der Waals surface area contributed by atoms with Crippen molar-refractivity contribution < 1.29 is 9.47 Å². The molecule has 0 radical (unpaired) electrons. The third kappa shape index (κ3) is 2.47. The number of nitrogens with one attached hydrogen (secondary N) is 1. The Hall–Kier alpha value is -0.380. The van der Waals surface area contributed by atoms with E-state index in [-0.39, 0.29) is 0 Å². The van der Waals surface area contributed by atoms with Crippen LogP contribution in [0.4, 0.5) is 0 Å². The fourth-order valence-electron chi connectivity index (χ4n) is 0.656. The molecule has 3 heteroatoms. The van der Waals surface area contributed by atoms with Crippen molar-refractivity contribution in [2.45, 2.75) is 6.10 Å². The summed E-state index contributed by atoms with van der Waals surface area (Å²) in [4.78, 5) is 0. The Morgan fingerprint density at radius 1 is 1.60 bits per heavy atom. The molecule has 58 valence electrons. The molecule has 0 saturated carbocycles. The lowest BCUT2D eigenvalue weighted by Crippen LogP contribution is -2.48. The summed E-state index contributed by atoms with van der Waals surface area (Å²) >= 11 is 0. The molecule has 1 aliphatic heterocycles. The SMILES string of the molecule is C=CCOCOC1CNC1. The van der Waals surface area contributed by atoms with Crippen LogP contribution in [0.2, 0.25) is 0 Å². The van der Waals surface area contributed by atoms with Crippen LogP contribution in [-0.2, 0) is 9.47 Å². The van der Waals surface area contributed by atoms with Crippen LogP contribution >= 0.6 is 0 Å². The lowest BCUT2D eigenvalue weighted by molar-refractivity contribution is -0.0960. The zero-order chi connectivity index (χ0) is 7.23. The van der Waals surface area contributed by atoms with Gasteiger partial charge in [0.15, 0.2) is 0 Å². The Labute approximate surface area is 61.0 Å². The van der Waals surface area contributed by atoms with E-state index in [0.717, 1.165) is 13.1 Å². The maximum atomic E-state index is 5.25. The molecule has 0 amide bonds. The number of hydrogen-bond acceptors (Lipinski definition) is 3. The van der Waals surface area contributed by atoms with E-state index in [4.69, 9.17) is 9.47 Å². The molecule has 10 heavy (non-hydrogen) atoms. The van der Waals surface area contributed by atoms with Gasteiger partial charge in [0.05, 0.1) is 12.7 Å². The van der Waals surface area contributed by atoms with Crippen molar-refractivity contribution in [2.24, 2.45) is 0 Å². The summed E-state index contributed by atoms with van der Waals surface area (Å²) in [5.41, 5.74) is 0. The minimum atomic E-state index is 0.366. The molecular formula is C7H13NO2. The normalized spacial score (nSPS) is 18.4. The lowest BCUT2D eigenvalue weighted by Gasteiger charge is -2.26. The van der Waals surface area contributed by atoms with Crippen LogP contribution in [0.3, 0.4) is 0 Å². The zero-order valence-electron chi connectivity index (χ0n) is 6.01. The average molecular weight is 143 g/mol. The smallest absolute Gasteiger partial charge is 0.147 e. The Morgan fingerprint density at radius 3 is 2.90 bits per heavy atom. The fraction of sp³-hybridized carbons (Fsp3) is 0.714. The van der Waals surface area contributed by atoms with Gasteiger partial charge in [0.2, 0.25) is 0 Å². The summed E-state index contributed by atoms with van der Waals surface area (Å²) in [5, 5.41) is 3.10. The Morgan fingerprint density at radius 2 is 2.40 bits per heavy atom. The summed E-state index contributed by atoms with van der Waals surface area (Å²) in [5.74, 6) is 0. The monoisotopic (exact) mass is 143 g/mol. The number of rotatable bonds is 5.